The predicted molar refractivity (Wildman–Crippen MR) is 66.7 cm³/mol. The quantitative estimate of drug-likeness (QED) is 0.742. The van der Waals surface area contributed by atoms with Crippen LogP contribution in [-0.2, 0) is 9.53 Å². The second-order valence-electron chi connectivity index (χ2n) is 4.95. The van der Waals surface area contributed by atoms with Gasteiger partial charge in [-0.2, -0.15) is 0 Å². The van der Waals surface area contributed by atoms with Gasteiger partial charge in [0, 0.05) is 6.04 Å². The van der Waals surface area contributed by atoms with Crippen LogP contribution in [0.2, 0.25) is 0 Å². The van der Waals surface area contributed by atoms with Crippen LogP contribution in [0.1, 0.15) is 40.0 Å². The van der Waals surface area contributed by atoms with E-state index in [0.29, 0.717) is 12.5 Å². The highest BCUT2D eigenvalue weighted by atomic mass is 16.5. The molecule has 1 aliphatic heterocycles. The second-order valence-corrected chi connectivity index (χ2v) is 4.95. The van der Waals surface area contributed by atoms with Gasteiger partial charge in [-0.15, -0.1) is 0 Å². The molecule has 1 saturated heterocycles. The molecule has 3 unspecified atom stereocenters. The van der Waals surface area contributed by atoms with Crippen molar-refractivity contribution < 1.29 is 14.6 Å². The average Bonchev–Trinajstić information content (AvgIpc) is 2.34. The zero-order valence-electron chi connectivity index (χ0n) is 11.2. The maximum absolute atomic E-state index is 11.8. The lowest BCUT2D eigenvalue weighted by Crippen LogP contribution is -2.53. The summed E-state index contributed by atoms with van der Waals surface area (Å²) in [4.78, 5) is 13.9. The summed E-state index contributed by atoms with van der Waals surface area (Å²) in [6.45, 7) is 7.47. The zero-order valence-corrected chi connectivity index (χ0v) is 11.2. The van der Waals surface area contributed by atoms with E-state index in [1.807, 2.05) is 13.8 Å². The first-order valence-corrected chi connectivity index (χ1v) is 6.65. The maximum atomic E-state index is 11.8. The van der Waals surface area contributed by atoms with Gasteiger partial charge in [-0.25, -0.2) is 0 Å². The molecule has 100 valence electrons. The Kier molecular flexibility index (Phi) is 5.92. The van der Waals surface area contributed by atoms with Crippen molar-refractivity contribution in [2.75, 3.05) is 19.8 Å². The van der Waals surface area contributed by atoms with Crippen molar-refractivity contribution in [3.63, 3.8) is 0 Å². The Morgan fingerprint density at radius 2 is 2.29 bits per heavy atom. The largest absolute Gasteiger partial charge is 0.465 e. The highest BCUT2D eigenvalue weighted by Gasteiger charge is 2.34. The van der Waals surface area contributed by atoms with Gasteiger partial charge in [-0.1, -0.05) is 13.8 Å². The van der Waals surface area contributed by atoms with E-state index in [0.717, 1.165) is 25.8 Å². The SMILES string of the molecule is CCCOC(=O)C(C)N1CCCC(C)C1CO. The van der Waals surface area contributed by atoms with Gasteiger partial charge in [-0.3, -0.25) is 9.69 Å². The molecule has 0 saturated carbocycles. The number of carbonyl (C=O) groups is 1. The van der Waals surface area contributed by atoms with Crippen LogP contribution in [0.4, 0.5) is 0 Å². The molecular weight excluding hydrogens is 218 g/mol. The molecule has 4 nitrogen and oxygen atoms in total. The van der Waals surface area contributed by atoms with Crippen LogP contribution >= 0.6 is 0 Å². The van der Waals surface area contributed by atoms with Crippen molar-refractivity contribution in [3.05, 3.63) is 0 Å². The van der Waals surface area contributed by atoms with Crippen LogP contribution < -0.4 is 0 Å². The van der Waals surface area contributed by atoms with Gasteiger partial charge in [0.05, 0.1) is 13.2 Å². The van der Waals surface area contributed by atoms with Crippen molar-refractivity contribution in [3.8, 4) is 0 Å². The summed E-state index contributed by atoms with van der Waals surface area (Å²) in [5, 5.41) is 9.44. The van der Waals surface area contributed by atoms with E-state index < -0.39 is 0 Å². The van der Waals surface area contributed by atoms with Gasteiger partial charge < -0.3 is 9.84 Å². The minimum absolute atomic E-state index is 0.0907. The van der Waals surface area contributed by atoms with Crippen molar-refractivity contribution in [2.24, 2.45) is 5.92 Å². The number of aliphatic hydroxyl groups is 1. The standard InChI is InChI=1S/C13H25NO3/c1-4-8-17-13(16)11(3)14-7-5-6-10(2)12(14)9-15/h10-12,15H,4-9H2,1-3H3. The fraction of sp³-hybridized carbons (Fsp3) is 0.923. The van der Waals surface area contributed by atoms with Crippen LogP contribution in [0.5, 0.6) is 0 Å². The Labute approximate surface area is 104 Å². The molecule has 0 aromatic rings. The molecule has 0 aromatic heterocycles. The van der Waals surface area contributed by atoms with E-state index in [4.69, 9.17) is 4.74 Å². The Hall–Kier alpha value is -0.610. The van der Waals surface area contributed by atoms with Gasteiger partial charge in [0.15, 0.2) is 0 Å². The lowest BCUT2D eigenvalue weighted by Gasteiger charge is -2.41. The molecule has 0 aromatic carbocycles. The van der Waals surface area contributed by atoms with E-state index in [2.05, 4.69) is 11.8 Å². The molecule has 1 aliphatic rings. The highest BCUT2D eigenvalue weighted by molar-refractivity contribution is 5.75. The molecular formula is C13H25NO3. The number of hydrogen-bond acceptors (Lipinski definition) is 4. The number of likely N-dealkylation sites (tertiary alicyclic amines) is 1. The lowest BCUT2D eigenvalue weighted by atomic mass is 9.90. The predicted octanol–water partition coefficient (Wildman–Crippen LogP) is 1.42. The summed E-state index contributed by atoms with van der Waals surface area (Å²) in [6, 6.07) is -0.158. The third-order valence-corrected chi connectivity index (χ3v) is 3.63. The van der Waals surface area contributed by atoms with Gasteiger partial charge in [-0.05, 0) is 38.6 Å². The van der Waals surface area contributed by atoms with Crippen LogP contribution in [0, 0.1) is 5.92 Å². The molecule has 3 atom stereocenters. The summed E-state index contributed by atoms with van der Waals surface area (Å²) >= 11 is 0. The van der Waals surface area contributed by atoms with Crippen LogP contribution in [0.3, 0.4) is 0 Å². The van der Waals surface area contributed by atoms with E-state index in [9.17, 15) is 9.90 Å². The normalized spacial score (nSPS) is 27.8. The van der Waals surface area contributed by atoms with Crippen molar-refractivity contribution in [1.82, 2.24) is 4.90 Å². The van der Waals surface area contributed by atoms with Gasteiger partial charge in [0.2, 0.25) is 0 Å². The number of hydrogen-bond donors (Lipinski definition) is 1. The van der Waals surface area contributed by atoms with Gasteiger partial charge in [0.1, 0.15) is 6.04 Å². The summed E-state index contributed by atoms with van der Waals surface area (Å²) < 4.78 is 5.17. The summed E-state index contributed by atoms with van der Waals surface area (Å²) in [5.74, 6) is 0.273. The molecule has 1 rings (SSSR count). The summed E-state index contributed by atoms with van der Waals surface area (Å²) in [5.41, 5.74) is 0. The average molecular weight is 243 g/mol. The lowest BCUT2D eigenvalue weighted by molar-refractivity contribution is -0.152. The minimum atomic E-state index is -0.249. The molecule has 17 heavy (non-hydrogen) atoms. The summed E-state index contributed by atoms with van der Waals surface area (Å²) in [6.07, 6.45) is 3.06. The molecule has 0 aliphatic carbocycles. The van der Waals surface area contributed by atoms with Crippen molar-refractivity contribution in [2.45, 2.75) is 52.1 Å². The Morgan fingerprint density at radius 3 is 2.88 bits per heavy atom. The smallest absolute Gasteiger partial charge is 0.323 e. The first kappa shape index (κ1) is 14.5. The third-order valence-electron chi connectivity index (χ3n) is 3.63. The van der Waals surface area contributed by atoms with Crippen LogP contribution in [0.15, 0.2) is 0 Å². The number of esters is 1. The second kappa shape index (κ2) is 6.97. The minimum Gasteiger partial charge on any atom is -0.465 e. The number of nitrogens with zero attached hydrogens (tertiary/aromatic N) is 1. The van der Waals surface area contributed by atoms with Crippen molar-refractivity contribution >= 4 is 5.97 Å². The molecule has 1 N–H and O–H groups in total. The first-order chi connectivity index (χ1) is 8.11. The Morgan fingerprint density at radius 1 is 1.59 bits per heavy atom. The number of carbonyl (C=O) groups excluding carboxylic acids is 1. The third kappa shape index (κ3) is 3.68. The molecule has 4 heteroatoms. The number of ether oxygens (including phenoxy) is 1. The topological polar surface area (TPSA) is 49.8 Å². The van der Waals surface area contributed by atoms with E-state index in [-0.39, 0.29) is 24.7 Å². The molecule has 0 radical (unpaired) electrons. The zero-order chi connectivity index (χ0) is 12.8. The van der Waals surface area contributed by atoms with Crippen LogP contribution in [-0.4, -0.2) is 47.8 Å². The van der Waals surface area contributed by atoms with Crippen molar-refractivity contribution in [1.29, 1.82) is 0 Å². The fourth-order valence-electron chi connectivity index (χ4n) is 2.51. The van der Waals surface area contributed by atoms with E-state index >= 15 is 0 Å². The number of rotatable bonds is 5. The van der Waals surface area contributed by atoms with Gasteiger partial charge in [0.25, 0.3) is 0 Å². The number of aliphatic hydroxyl groups excluding tert-OH is 1. The molecule has 0 bridgehead atoms. The summed E-state index contributed by atoms with van der Waals surface area (Å²) in [7, 11) is 0. The van der Waals surface area contributed by atoms with E-state index in [1.54, 1.807) is 0 Å². The van der Waals surface area contributed by atoms with E-state index in [1.165, 1.54) is 0 Å². The van der Waals surface area contributed by atoms with Crippen LogP contribution in [0.25, 0.3) is 0 Å². The van der Waals surface area contributed by atoms with Gasteiger partial charge >= 0.3 is 5.97 Å². The molecule has 1 heterocycles. The maximum Gasteiger partial charge on any atom is 0.323 e. The first-order valence-electron chi connectivity index (χ1n) is 6.65. The Balaban J connectivity index is 2.59. The Bertz CT molecular complexity index is 245. The highest BCUT2D eigenvalue weighted by Crippen LogP contribution is 2.25. The number of piperidine rings is 1. The molecule has 1 fully saturated rings. The molecule has 0 amide bonds. The molecule has 0 spiro atoms. The monoisotopic (exact) mass is 243 g/mol. The fourth-order valence-corrected chi connectivity index (χ4v) is 2.51.